The van der Waals surface area contributed by atoms with Gasteiger partial charge < -0.3 is 4.74 Å². The van der Waals surface area contributed by atoms with Gasteiger partial charge in [0.1, 0.15) is 5.75 Å². The van der Waals surface area contributed by atoms with Crippen molar-refractivity contribution in [3.8, 4) is 5.75 Å². The maximum Gasteiger partial charge on any atom is 0.166 e. The van der Waals surface area contributed by atoms with E-state index in [9.17, 15) is 8.78 Å². The van der Waals surface area contributed by atoms with Crippen molar-refractivity contribution < 1.29 is 13.5 Å². The SMILES string of the molecule is CCCCCCCCOc1ccc(/C(F)=C(\F)c2ccc(CCCCC)cc2)cc1. The van der Waals surface area contributed by atoms with Gasteiger partial charge in [-0.3, -0.25) is 0 Å². The lowest BCUT2D eigenvalue weighted by Gasteiger charge is -2.08. The van der Waals surface area contributed by atoms with Gasteiger partial charge in [-0.05, 0) is 49.1 Å². The van der Waals surface area contributed by atoms with E-state index in [1.165, 1.54) is 38.5 Å². The minimum atomic E-state index is -0.837. The second kappa shape index (κ2) is 14.0. The zero-order chi connectivity index (χ0) is 21.6. The quantitative estimate of drug-likeness (QED) is 0.221. The topological polar surface area (TPSA) is 9.23 Å². The molecule has 0 aliphatic heterocycles. The predicted octanol–water partition coefficient (Wildman–Crippen LogP) is 8.92. The molecule has 0 unspecified atom stereocenters. The van der Waals surface area contributed by atoms with E-state index in [1.54, 1.807) is 36.4 Å². The Hall–Kier alpha value is -2.16. The van der Waals surface area contributed by atoms with E-state index in [2.05, 4.69) is 13.8 Å². The average molecular weight is 415 g/mol. The summed E-state index contributed by atoms with van der Waals surface area (Å²) in [6.07, 6.45) is 11.7. The zero-order valence-electron chi connectivity index (χ0n) is 18.6. The van der Waals surface area contributed by atoms with Crippen LogP contribution in [0.15, 0.2) is 48.5 Å². The normalized spacial score (nSPS) is 12.0. The van der Waals surface area contributed by atoms with Crippen molar-refractivity contribution in [1.29, 1.82) is 0 Å². The molecule has 30 heavy (non-hydrogen) atoms. The monoisotopic (exact) mass is 414 g/mol. The zero-order valence-corrected chi connectivity index (χ0v) is 18.6. The number of unbranched alkanes of at least 4 members (excludes halogenated alkanes) is 7. The molecule has 0 atom stereocenters. The van der Waals surface area contributed by atoms with Gasteiger partial charge in [0.05, 0.1) is 6.61 Å². The summed E-state index contributed by atoms with van der Waals surface area (Å²) in [5, 5.41) is 0. The van der Waals surface area contributed by atoms with Crippen molar-refractivity contribution in [1.82, 2.24) is 0 Å². The van der Waals surface area contributed by atoms with E-state index in [0.717, 1.165) is 31.2 Å². The highest BCUT2D eigenvalue weighted by atomic mass is 19.2. The molecular weight excluding hydrogens is 378 g/mol. The smallest absolute Gasteiger partial charge is 0.166 e. The Balaban J connectivity index is 1.87. The summed E-state index contributed by atoms with van der Waals surface area (Å²) >= 11 is 0. The van der Waals surface area contributed by atoms with Crippen LogP contribution < -0.4 is 4.74 Å². The average Bonchev–Trinajstić information content (AvgIpc) is 2.78. The highest BCUT2D eigenvalue weighted by Crippen LogP contribution is 2.30. The maximum absolute atomic E-state index is 14.6. The van der Waals surface area contributed by atoms with Crippen LogP contribution in [0.4, 0.5) is 8.78 Å². The molecule has 0 heterocycles. The third kappa shape index (κ3) is 8.30. The fourth-order valence-electron chi connectivity index (χ4n) is 3.42. The van der Waals surface area contributed by atoms with Gasteiger partial charge >= 0.3 is 0 Å². The second-order valence-corrected chi connectivity index (χ2v) is 7.92. The van der Waals surface area contributed by atoms with Gasteiger partial charge in [0.25, 0.3) is 0 Å². The van der Waals surface area contributed by atoms with E-state index in [1.807, 2.05) is 12.1 Å². The lowest BCUT2D eigenvalue weighted by molar-refractivity contribution is 0.304. The van der Waals surface area contributed by atoms with Crippen molar-refractivity contribution in [2.75, 3.05) is 6.61 Å². The summed E-state index contributed by atoms with van der Waals surface area (Å²) in [5.74, 6) is -0.969. The molecule has 0 aliphatic carbocycles. The Morgan fingerprint density at radius 3 is 1.73 bits per heavy atom. The first-order chi connectivity index (χ1) is 14.7. The van der Waals surface area contributed by atoms with Gasteiger partial charge in [0, 0.05) is 11.1 Å². The number of hydrogen-bond acceptors (Lipinski definition) is 1. The first-order valence-electron chi connectivity index (χ1n) is 11.5. The van der Waals surface area contributed by atoms with Crippen LogP contribution in [0.3, 0.4) is 0 Å². The Morgan fingerprint density at radius 1 is 0.633 bits per heavy atom. The van der Waals surface area contributed by atoms with Gasteiger partial charge in [-0.2, -0.15) is 0 Å². The van der Waals surface area contributed by atoms with Crippen LogP contribution in [0.25, 0.3) is 11.7 Å². The van der Waals surface area contributed by atoms with Crippen LogP contribution in [-0.2, 0) is 6.42 Å². The highest BCUT2D eigenvalue weighted by molar-refractivity contribution is 5.83. The molecule has 0 aliphatic rings. The third-order valence-corrected chi connectivity index (χ3v) is 5.34. The van der Waals surface area contributed by atoms with E-state index in [0.29, 0.717) is 12.4 Å². The Kier molecular flexibility index (Phi) is 11.2. The van der Waals surface area contributed by atoms with Crippen LogP contribution >= 0.6 is 0 Å². The Bertz CT molecular complexity index is 747. The number of aryl methyl sites for hydroxylation is 1. The second-order valence-electron chi connectivity index (χ2n) is 7.92. The lowest BCUT2D eigenvalue weighted by atomic mass is 10.0. The third-order valence-electron chi connectivity index (χ3n) is 5.34. The minimum Gasteiger partial charge on any atom is -0.494 e. The molecule has 0 saturated heterocycles. The summed E-state index contributed by atoms with van der Waals surface area (Å²) < 4.78 is 34.9. The van der Waals surface area contributed by atoms with Gasteiger partial charge in [-0.25, -0.2) is 8.78 Å². The standard InChI is InChI=1S/C27H36F2O/c1-3-5-7-8-9-11-21-30-25-19-17-24(18-20-25)27(29)26(28)23-15-13-22(14-16-23)12-10-6-4-2/h13-20H,3-12,21H2,1-2H3/b27-26+. The molecule has 0 fully saturated rings. The van der Waals surface area contributed by atoms with Crippen LogP contribution in [0.1, 0.15) is 88.3 Å². The highest BCUT2D eigenvalue weighted by Gasteiger charge is 2.12. The summed E-state index contributed by atoms with van der Waals surface area (Å²) in [4.78, 5) is 0. The van der Waals surface area contributed by atoms with Crippen molar-refractivity contribution in [2.24, 2.45) is 0 Å². The fourth-order valence-corrected chi connectivity index (χ4v) is 3.42. The number of ether oxygens (including phenoxy) is 1. The molecule has 0 spiro atoms. The molecule has 2 rings (SSSR count). The Labute approximate surface area is 181 Å². The van der Waals surface area contributed by atoms with E-state index in [-0.39, 0.29) is 11.1 Å². The predicted molar refractivity (Wildman–Crippen MR) is 124 cm³/mol. The molecule has 1 nitrogen and oxygen atoms in total. The first kappa shape index (κ1) is 24.1. The first-order valence-corrected chi connectivity index (χ1v) is 11.5. The van der Waals surface area contributed by atoms with Crippen LogP contribution in [0.2, 0.25) is 0 Å². The molecule has 0 amide bonds. The van der Waals surface area contributed by atoms with Crippen LogP contribution in [0, 0.1) is 0 Å². The Morgan fingerprint density at radius 2 is 1.13 bits per heavy atom. The van der Waals surface area contributed by atoms with Crippen LogP contribution in [-0.4, -0.2) is 6.61 Å². The number of benzene rings is 2. The molecule has 164 valence electrons. The fraction of sp³-hybridized carbons (Fsp3) is 0.481. The molecule has 3 heteroatoms. The van der Waals surface area contributed by atoms with Crippen molar-refractivity contribution in [3.05, 3.63) is 65.2 Å². The minimum absolute atomic E-state index is 0.228. The molecular formula is C27H36F2O. The van der Waals surface area contributed by atoms with Gasteiger partial charge in [-0.1, -0.05) is 83.1 Å². The molecule has 2 aromatic rings. The summed E-state index contributed by atoms with van der Waals surface area (Å²) in [6, 6.07) is 13.7. The number of hydrogen-bond donors (Lipinski definition) is 0. The van der Waals surface area contributed by atoms with Crippen LogP contribution in [0.5, 0.6) is 5.75 Å². The molecule has 0 aromatic heterocycles. The van der Waals surface area contributed by atoms with E-state index >= 15 is 0 Å². The van der Waals surface area contributed by atoms with Gasteiger partial charge in [0.2, 0.25) is 0 Å². The van der Waals surface area contributed by atoms with Crippen molar-refractivity contribution in [2.45, 2.75) is 78.1 Å². The largest absolute Gasteiger partial charge is 0.494 e. The van der Waals surface area contributed by atoms with Gasteiger partial charge in [-0.15, -0.1) is 0 Å². The summed E-state index contributed by atoms with van der Waals surface area (Å²) in [7, 11) is 0. The van der Waals surface area contributed by atoms with Crippen molar-refractivity contribution >= 4 is 11.7 Å². The van der Waals surface area contributed by atoms with E-state index in [4.69, 9.17) is 4.74 Å². The molecule has 0 bridgehead atoms. The summed E-state index contributed by atoms with van der Waals surface area (Å²) in [5.41, 5.74) is 1.66. The molecule has 0 N–H and O–H groups in total. The van der Waals surface area contributed by atoms with E-state index < -0.39 is 11.7 Å². The number of halogens is 2. The van der Waals surface area contributed by atoms with Gasteiger partial charge in [0.15, 0.2) is 11.7 Å². The molecule has 0 saturated carbocycles. The summed E-state index contributed by atoms with van der Waals surface area (Å²) in [6.45, 7) is 5.03. The maximum atomic E-state index is 14.6. The number of rotatable bonds is 14. The molecule has 2 aromatic carbocycles. The lowest BCUT2D eigenvalue weighted by Crippen LogP contribution is -1.97. The van der Waals surface area contributed by atoms with Crippen molar-refractivity contribution in [3.63, 3.8) is 0 Å². The molecule has 0 radical (unpaired) electrons.